The van der Waals surface area contributed by atoms with E-state index in [9.17, 15) is 4.79 Å². The second-order valence-electron chi connectivity index (χ2n) is 5.81. The number of pyridine rings is 1. The summed E-state index contributed by atoms with van der Waals surface area (Å²) in [6.07, 6.45) is 2.82. The number of aromatic nitrogens is 1. The first-order valence-electron chi connectivity index (χ1n) is 7.28. The maximum absolute atomic E-state index is 12.5. The van der Waals surface area contributed by atoms with Gasteiger partial charge in [-0.1, -0.05) is 38.8 Å². The van der Waals surface area contributed by atoms with E-state index < -0.39 is 0 Å². The predicted octanol–water partition coefficient (Wildman–Crippen LogP) is 4.19. The molecular weight excluding hydrogens is 272 g/mol. The number of carbonyl (C=O) groups excluding carboxylic acids is 1. The Morgan fingerprint density at radius 1 is 1.35 bits per heavy atom. The fourth-order valence-corrected chi connectivity index (χ4v) is 2.53. The Morgan fingerprint density at radius 2 is 2.00 bits per heavy atom. The molecule has 0 saturated carbocycles. The van der Waals surface area contributed by atoms with Gasteiger partial charge in [-0.15, -0.1) is 0 Å². The quantitative estimate of drug-likeness (QED) is 0.737. The van der Waals surface area contributed by atoms with Gasteiger partial charge >= 0.3 is 0 Å². The summed E-state index contributed by atoms with van der Waals surface area (Å²) in [5, 5.41) is 0.393. The third kappa shape index (κ3) is 4.78. The molecule has 0 saturated heterocycles. The van der Waals surface area contributed by atoms with Crippen molar-refractivity contribution in [2.75, 3.05) is 7.05 Å². The number of hydrogen-bond donors (Lipinski definition) is 0. The first-order valence-corrected chi connectivity index (χ1v) is 7.66. The maximum atomic E-state index is 12.5. The van der Waals surface area contributed by atoms with E-state index in [1.807, 2.05) is 13.1 Å². The second-order valence-corrected chi connectivity index (χ2v) is 6.20. The first kappa shape index (κ1) is 17.0. The lowest BCUT2D eigenvalue weighted by Gasteiger charge is -2.26. The molecular formula is C16H25ClN2O. The number of nitrogens with zero attached hydrogens (tertiary/aromatic N) is 2. The van der Waals surface area contributed by atoms with Crippen molar-refractivity contribution in [3.63, 3.8) is 0 Å². The summed E-state index contributed by atoms with van der Waals surface area (Å²) in [6.45, 7) is 8.49. The molecule has 1 aromatic heterocycles. The summed E-state index contributed by atoms with van der Waals surface area (Å²) >= 11 is 6.02. The van der Waals surface area contributed by atoms with Crippen molar-refractivity contribution < 1.29 is 4.79 Å². The zero-order chi connectivity index (χ0) is 15.3. The van der Waals surface area contributed by atoms with E-state index in [1.165, 1.54) is 0 Å². The molecule has 0 aromatic carbocycles. The number of halogens is 1. The van der Waals surface area contributed by atoms with Gasteiger partial charge < -0.3 is 4.90 Å². The summed E-state index contributed by atoms with van der Waals surface area (Å²) < 4.78 is 0. The Hall–Kier alpha value is -1.09. The van der Waals surface area contributed by atoms with Gasteiger partial charge in [0.1, 0.15) is 5.15 Å². The van der Waals surface area contributed by atoms with Gasteiger partial charge in [-0.2, -0.15) is 0 Å². The summed E-state index contributed by atoms with van der Waals surface area (Å²) in [4.78, 5) is 18.6. The fourth-order valence-electron chi connectivity index (χ4n) is 2.30. The Balaban J connectivity index is 2.90. The van der Waals surface area contributed by atoms with Crippen LogP contribution >= 0.6 is 11.6 Å². The first-order chi connectivity index (χ1) is 9.35. The van der Waals surface area contributed by atoms with Gasteiger partial charge in [-0.25, -0.2) is 4.98 Å². The third-order valence-corrected chi connectivity index (χ3v) is 3.59. The largest absolute Gasteiger partial charge is 0.339 e. The van der Waals surface area contributed by atoms with Crippen LogP contribution in [0, 0.1) is 5.92 Å². The molecule has 0 radical (unpaired) electrons. The molecule has 1 heterocycles. The SMILES string of the molecule is CCCc1cc(C(=O)N(C)C(C)CC(C)C)cc(Cl)n1. The molecule has 0 bridgehead atoms. The van der Waals surface area contributed by atoms with E-state index >= 15 is 0 Å². The lowest BCUT2D eigenvalue weighted by atomic mass is 10.0. The minimum Gasteiger partial charge on any atom is -0.339 e. The lowest BCUT2D eigenvalue weighted by Crippen LogP contribution is -2.36. The van der Waals surface area contributed by atoms with Crippen molar-refractivity contribution in [3.8, 4) is 0 Å². The number of amides is 1. The van der Waals surface area contributed by atoms with Crippen LogP contribution in [-0.4, -0.2) is 28.9 Å². The molecule has 0 spiro atoms. The van der Waals surface area contributed by atoms with Crippen molar-refractivity contribution in [3.05, 3.63) is 28.5 Å². The van der Waals surface area contributed by atoms with E-state index in [-0.39, 0.29) is 11.9 Å². The van der Waals surface area contributed by atoms with Gasteiger partial charge in [0, 0.05) is 24.3 Å². The van der Waals surface area contributed by atoms with Crippen molar-refractivity contribution in [2.45, 2.75) is 53.0 Å². The molecule has 0 aliphatic rings. The standard InChI is InChI=1S/C16H25ClN2O/c1-6-7-14-9-13(10-15(17)18-14)16(20)19(5)12(4)8-11(2)3/h9-12H,6-8H2,1-5H3. The van der Waals surface area contributed by atoms with Crippen LogP contribution in [0.4, 0.5) is 0 Å². The molecule has 20 heavy (non-hydrogen) atoms. The van der Waals surface area contributed by atoms with Gasteiger partial charge in [0.15, 0.2) is 0 Å². The highest BCUT2D eigenvalue weighted by Crippen LogP contribution is 2.17. The highest BCUT2D eigenvalue weighted by molar-refractivity contribution is 6.29. The van der Waals surface area contributed by atoms with Crippen LogP contribution in [0.3, 0.4) is 0 Å². The Bertz CT molecular complexity index is 460. The van der Waals surface area contributed by atoms with E-state index in [1.54, 1.807) is 11.0 Å². The van der Waals surface area contributed by atoms with Gasteiger partial charge in [0.25, 0.3) is 5.91 Å². The smallest absolute Gasteiger partial charge is 0.254 e. The summed E-state index contributed by atoms with van der Waals surface area (Å²) in [7, 11) is 1.85. The Morgan fingerprint density at radius 3 is 2.55 bits per heavy atom. The topological polar surface area (TPSA) is 33.2 Å². The highest BCUT2D eigenvalue weighted by Gasteiger charge is 2.19. The zero-order valence-corrected chi connectivity index (χ0v) is 13.9. The minimum atomic E-state index is 0.0137. The van der Waals surface area contributed by atoms with Crippen LogP contribution in [0.5, 0.6) is 0 Å². The number of carbonyl (C=O) groups is 1. The molecule has 1 aromatic rings. The number of hydrogen-bond acceptors (Lipinski definition) is 2. The molecule has 0 fully saturated rings. The molecule has 4 heteroatoms. The van der Waals surface area contributed by atoms with Gasteiger partial charge in [-0.05, 0) is 37.8 Å². The van der Waals surface area contributed by atoms with E-state index in [0.29, 0.717) is 16.6 Å². The number of rotatable bonds is 6. The average Bonchev–Trinajstić information content (AvgIpc) is 2.35. The molecule has 1 amide bonds. The Kier molecular flexibility index (Phi) is 6.47. The van der Waals surface area contributed by atoms with Gasteiger partial charge in [0.05, 0.1) is 0 Å². The van der Waals surface area contributed by atoms with Crippen LogP contribution < -0.4 is 0 Å². The predicted molar refractivity (Wildman–Crippen MR) is 84.3 cm³/mol. The molecule has 3 nitrogen and oxygen atoms in total. The molecule has 112 valence electrons. The van der Waals surface area contributed by atoms with Crippen LogP contribution in [0.1, 0.15) is 56.6 Å². The van der Waals surface area contributed by atoms with E-state index in [2.05, 4.69) is 32.7 Å². The van der Waals surface area contributed by atoms with Crippen LogP contribution in [0.2, 0.25) is 5.15 Å². The molecule has 0 aliphatic heterocycles. The molecule has 0 aliphatic carbocycles. The molecule has 0 N–H and O–H groups in total. The molecule has 1 atom stereocenters. The lowest BCUT2D eigenvalue weighted by molar-refractivity contribution is 0.0728. The van der Waals surface area contributed by atoms with Gasteiger partial charge in [-0.3, -0.25) is 4.79 Å². The third-order valence-electron chi connectivity index (χ3n) is 3.39. The summed E-state index contributed by atoms with van der Waals surface area (Å²) in [6, 6.07) is 3.72. The van der Waals surface area contributed by atoms with Gasteiger partial charge in [0.2, 0.25) is 0 Å². The van der Waals surface area contributed by atoms with Crippen LogP contribution in [0.15, 0.2) is 12.1 Å². The van der Waals surface area contributed by atoms with Crippen molar-refractivity contribution in [1.82, 2.24) is 9.88 Å². The number of aryl methyl sites for hydroxylation is 1. The summed E-state index contributed by atoms with van der Waals surface area (Å²) in [5.74, 6) is 0.580. The Labute approximate surface area is 127 Å². The van der Waals surface area contributed by atoms with Crippen molar-refractivity contribution in [1.29, 1.82) is 0 Å². The normalized spacial score (nSPS) is 12.6. The fraction of sp³-hybridized carbons (Fsp3) is 0.625. The van der Waals surface area contributed by atoms with E-state index in [4.69, 9.17) is 11.6 Å². The summed E-state index contributed by atoms with van der Waals surface area (Å²) in [5.41, 5.74) is 1.51. The van der Waals surface area contributed by atoms with Crippen LogP contribution in [-0.2, 0) is 6.42 Å². The zero-order valence-electron chi connectivity index (χ0n) is 13.1. The monoisotopic (exact) mass is 296 g/mol. The van der Waals surface area contributed by atoms with Crippen molar-refractivity contribution in [2.24, 2.45) is 5.92 Å². The van der Waals surface area contributed by atoms with Crippen molar-refractivity contribution >= 4 is 17.5 Å². The second kappa shape index (κ2) is 7.63. The average molecular weight is 297 g/mol. The maximum Gasteiger partial charge on any atom is 0.254 e. The molecule has 1 unspecified atom stereocenters. The van der Waals surface area contributed by atoms with E-state index in [0.717, 1.165) is 25.0 Å². The molecule has 1 rings (SSSR count). The minimum absolute atomic E-state index is 0.0137. The highest BCUT2D eigenvalue weighted by atomic mass is 35.5. The van der Waals surface area contributed by atoms with Crippen LogP contribution in [0.25, 0.3) is 0 Å².